The number of rotatable bonds is 6. The van der Waals surface area contributed by atoms with Crippen molar-refractivity contribution in [1.29, 1.82) is 0 Å². The van der Waals surface area contributed by atoms with Crippen LogP contribution in [0.1, 0.15) is 11.1 Å². The van der Waals surface area contributed by atoms with E-state index in [4.69, 9.17) is 0 Å². The molecule has 4 nitrogen and oxygen atoms in total. The minimum Gasteiger partial charge on any atom is -0.435 e. The molecule has 0 atom stereocenters. The summed E-state index contributed by atoms with van der Waals surface area (Å²) in [5, 5.41) is 0. The lowest BCUT2D eigenvalue weighted by Crippen LogP contribution is -2.26. The molecule has 2 aromatic rings. The maximum Gasteiger partial charge on any atom is 0.387 e. The quantitative estimate of drug-likeness (QED) is 0.809. The van der Waals surface area contributed by atoms with Gasteiger partial charge in [0.25, 0.3) is 0 Å². The summed E-state index contributed by atoms with van der Waals surface area (Å²) in [6, 6.07) is 12.5. The first kappa shape index (κ1) is 17.4. The third-order valence-electron chi connectivity index (χ3n) is 3.28. The Bertz CT molecular complexity index is 744. The molecule has 0 aromatic heterocycles. The normalized spacial score (nSPS) is 11.9. The Balaban J connectivity index is 2.11. The van der Waals surface area contributed by atoms with Gasteiger partial charge in [0.05, 0.1) is 4.90 Å². The Morgan fingerprint density at radius 2 is 1.61 bits per heavy atom. The van der Waals surface area contributed by atoms with Crippen molar-refractivity contribution in [2.45, 2.75) is 25.0 Å². The first-order valence-corrected chi connectivity index (χ1v) is 8.30. The molecule has 23 heavy (non-hydrogen) atoms. The summed E-state index contributed by atoms with van der Waals surface area (Å²) in [6.07, 6.45) is 0. The molecule has 0 radical (unpaired) electrons. The molecule has 0 amide bonds. The lowest BCUT2D eigenvalue weighted by Gasteiger charge is -2.17. The van der Waals surface area contributed by atoms with Gasteiger partial charge < -0.3 is 4.74 Å². The highest BCUT2D eigenvalue weighted by Crippen LogP contribution is 2.19. The maximum atomic E-state index is 12.5. The van der Waals surface area contributed by atoms with Crippen molar-refractivity contribution in [3.63, 3.8) is 0 Å². The second-order valence-electron chi connectivity index (χ2n) is 5.10. The first-order chi connectivity index (χ1) is 10.8. The molecule has 0 N–H and O–H groups in total. The molecule has 0 saturated heterocycles. The van der Waals surface area contributed by atoms with E-state index in [-0.39, 0.29) is 17.2 Å². The van der Waals surface area contributed by atoms with Crippen LogP contribution in [-0.2, 0) is 16.6 Å². The lowest BCUT2D eigenvalue weighted by atomic mass is 10.2. The van der Waals surface area contributed by atoms with E-state index >= 15 is 0 Å². The summed E-state index contributed by atoms with van der Waals surface area (Å²) in [5.41, 5.74) is 1.64. The molecule has 2 aromatic carbocycles. The zero-order valence-electron chi connectivity index (χ0n) is 12.7. The standard InChI is InChI=1S/C16H17F2NO3S/c1-12-3-9-15(10-4-12)23(20,21)19(2)11-13-5-7-14(8-6-13)22-16(17)18/h3-10,16H,11H2,1-2H3. The zero-order valence-corrected chi connectivity index (χ0v) is 13.6. The smallest absolute Gasteiger partial charge is 0.387 e. The summed E-state index contributed by atoms with van der Waals surface area (Å²) < 4.78 is 54.6. The number of hydrogen-bond acceptors (Lipinski definition) is 3. The van der Waals surface area contributed by atoms with Gasteiger partial charge in [-0.15, -0.1) is 0 Å². The van der Waals surface area contributed by atoms with Crippen LogP contribution < -0.4 is 4.74 Å². The fraction of sp³-hybridized carbons (Fsp3) is 0.250. The number of nitrogens with zero attached hydrogens (tertiary/aromatic N) is 1. The van der Waals surface area contributed by atoms with Gasteiger partial charge in [0, 0.05) is 13.6 Å². The highest BCUT2D eigenvalue weighted by Gasteiger charge is 2.20. The molecule has 0 fully saturated rings. The Morgan fingerprint density at radius 1 is 1.04 bits per heavy atom. The van der Waals surface area contributed by atoms with Gasteiger partial charge in [-0.1, -0.05) is 29.8 Å². The van der Waals surface area contributed by atoms with Gasteiger partial charge in [-0.3, -0.25) is 0 Å². The van der Waals surface area contributed by atoms with Gasteiger partial charge in [-0.25, -0.2) is 8.42 Å². The minimum atomic E-state index is -3.60. The number of aryl methyl sites for hydroxylation is 1. The predicted molar refractivity (Wildman–Crippen MR) is 82.9 cm³/mol. The number of alkyl halides is 2. The molecule has 0 aliphatic heterocycles. The van der Waals surface area contributed by atoms with Crippen molar-refractivity contribution in [3.05, 3.63) is 59.7 Å². The van der Waals surface area contributed by atoms with Gasteiger partial charge in [0.2, 0.25) is 10.0 Å². The van der Waals surface area contributed by atoms with Crippen LogP contribution in [0.5, 0.6) is 5.75 Å². The molecule has 2 rings (SSSR count). The van der Waals surface area contributed by atoms with Crippen LogP contribution in [0, 0.1) is 6.92 Å². The van der Waals surface area contributed by atoms with Crippen molar-refractivity contribution < 1.29 is 21.9 Å². The number of sulfonamides is 1. The molecule has 0 aliphatic rings. The molecular formula is C16H17F2NO3S. The van der Waals surface area contributed by atoms with E-state index in [9.17, 15) is 17.2 Å². The van der Waals surface area contributed by atoms with Crippen LogP contribution in [0.4, 0.5) is 8.78 Å². The largest absolute Gasteiger partial charge is 0.435 e. The van der Waals surface area contributed by atoms with Gasteiger partial charge >= 0.3 is 6.61 Å². The van der Waals surface area contributed by atoms with E-state index in [1.54, 1.807) is 36.4 Å². The second kappa shape index (κ2) is 7.06. The van der Waals surface area contributed by atoms with Crippen LogP contribution in [0.15, 0.2) is 53.4 Å². The van der Waals surface area contributed by atoms with Crippen molar-refractivity contribution in [2.24, 2.45) is 0 Å². The fourth-order valence-corrected chi connectivity index (χ4v) is 3.17. The first-order valence-electron chi connectivity index (χ1n) is 6.86. The lowest BCUT2D eigenvalue weighted by molar-refractivity contribution is -0.0498. The fourth-order valence-electron chi connectivity index (χ4n) is 2.01. The van der Waals surface area contributed by atoms with Gasteiger partial charge in [0.1, 0.15) is 5.75 Å². The van der Waals surface area contributed by atoms with E-state index in [2.05, 4.69) is 4.74 Å². The number of halogens is 2. The molecule has 7 heteroatoms. The zero-order chi connectivity index (χ0) is 17.0. The van der Waals surface area contributed by atoms with Crippen molar-refractivity contribution in [3.8, 4) is 5.75 Å². The Labute approximate surface area is 134 Å². The molecule has 0 bridgehead atoms. The summed E-state index contributed by atoms with van der Waals surface area (Å²) in [5.74, 6) is 0.0350. The number of ether oxygens (including phenoxy) is 1. The third-order valence-corrected chi connectivity index (χ3v) is 5.10. The van der Waals surface area contributed by atoms with E-state index in [1.807, 2.05) is 6.92 Å². The molecular weight excluding hydrogens is 324 g/mol. The van der Waals surface area contributed by atoms with E-state index in [1.165, 1.54) is 23.5 Å². The van der Waals surface area contributed by atoms with Crippen LogP contribution in [0.25, 0.3) is 0 Å². The van der Waals surface area contributed by atoms with E-state index < -0.39 is 16.6 Å². The summed E-state index contributed by atoms with van der Waals surface area (Å²) >= 11 is 0. The summed E-state index contributed by atoms with van der Waals surface area (Å²) in [7, 11) is -2.13. The van der Waals surface area contributed by atoms with E-state index in [0.29, 0.717) is 5.56 Å². The summed E-state index contributed by atoms with van der Waals surface area (Å²) in [4.78, 5) is 0.211. The molecule has 0 heterocycles. The third kappa shape index (κ3) is 4.49. The summed E-state index contributed by atoms with van der Waals surface area (Å²) in [6.45, 7) is -0.876. The topological polar surface area (TPSA) is 46.6 Å². The van der Waals surface area contributed by atoms with Crippen LogP contribution >= 0.6 is 0 Å². The Hall–Kier alpha value is -1.99. The number of hydrogen-bond donors (Lipinski definition) is 0. The molecule has 0 saturated carbocycles. The van der Waals surface area contributed by atoms with Gasteiger partial charge in [-0.2, -0.15) is 13.1 Å². The van der Waals surface area contributed by atoms with Crippen molar-refractivity contribution in [1.82, 2.24) is 4.31 Å². The van der Waals surface area contributed by atoms with Crippen molar-refractivity contribution >= 4 is 10.0 Å². The number of benzene rings is 2. The van der Waals surface area contributed by atoms with Crippen LogP contribution in [-0.4, -0.2) is 26.4 Å². The highest BCUT2D eigenvalue weighted by molar-refractivity contribution is 7.89. The second-order valence-corrected chi connectivity index (χ2v) is 7.14. The van der Waals surface area contributed by atoms with Crippen LogP contribution in [0.2, 0.25) is 0 Å². The van der Waals surface area contributed by atoms with Crippen LogP contribution in [0.3, 0.4) is 0 Å². The average molecular weight is 341 g/mol. The highest BCUT2D eigenvalue weighted by atomic mass is 32.2. The predicted octanol–water partition coefficient (Wildman–Crippen LogP) is 3.42. The SMILES string of the molecule is Cc1ccc(S(=O)(=O)N(C)Cc2ccc(OC(F)F)cc2)cc1. The Morgan fingerprint density at radius 3 is 2.13 bits per heavy atom. The monoisotopic (exact) mass is 341 g/mol. The molecule has 124 valence electrons. The van der Waals surface area contributed by atoms with Gasteiger partial charge in [-0.05, 0) is 36.8 Å². The maximum absolute atomic E-state index is 12.5. The molecule has 0 unspecified atom stereocenters. The molecule has 0 aliphatic carbocycles. The van der Waals surface area contributed by atoms with E-state index in [0.717, 1.165) is 5.56 Å². The average Bonchev–Trinajstić information content (AvgIpc) is 2.49. The minimum absolute atomic E-state index is 0.0350. The van der Waals surface area contributed by atoms with Gasteiger partial charge in [0.15, 0.2) is 0 Å². The molecule has 0 spiro atoms. The van der Waals surface area contributed by atoms with Crippen molar-refractivity contribution in [2.75, 3.05) is 7.05 Å². The Kier molecular flexibility index (Phi) is 5.33.